The van der Waals surface area contributed by atoms with Gasteiger partial charge in [-0.2, -0.15) is 0 Å². The average molecular weight is 347 g/mol. The van der Waals surface area contributed by atoms with Gasteiger partial charge < -0.3 is 9.47 Å². The summed E-state index contributed by atoms with van der Waals surface area (Å²) in [6, 6.07) is 0. The Bertz CT molecular complexity index is 396. The fraction of sp³-hybridized carbons (Fsp3) is 0.867. The minimum Gasteiger partial charge on any atom is -0.438 e. The molecule has 0 radical (unpaired) electrons. The molecule has 6 atom stereocenters. The first-order valence-corrected chi connectivity index (χ1v) is 8.67. The summed E-state index contributed by atoms with van der Waals surface area (Å²) in [4.78, 5) is 29.4. The van der Waals surface area contributed by atoms with E-state index in [2.05, 4.69) is 27.8 Å². The number of carbonyl (C=O) groups excluding carboxylic acids is 2. The SMILES string of the molecule is CCOCOC(=O)C1C2CC(C(C)C2C)C1C(=O)NSOOC. The van der Waals surface area contributed by atoms with Crippen LogP contribution in [0.25, 0.3) is 0 Å². The number of esters is 1. The number of hydrogen-bond donors (Lipinski definition) is 1. The molecule has 23 heavy (non-hydrogen) atoms. The molecule has 0 heterocycles. The minimum absolute atomic E-state index is 0.0664. The smallest absolute Gasteiger partial charge is 0.312 e. The monoisotopic (exact) mass is 347 g/mol. The van der Waals surface area contributed by atoms with Gasteiger partial charge in [0.15, 0.2) is 19.0 Å². The van der Waals surface area contributed by atoms with E-state index in [0.29, 0.717) is 30.7 Å². The van der Waals surface area contributed by atoms with Crippen LogP contribution in [-0.2, 0) is 28.3 Å². The van der Waals surface area contributed by atoms with E-state index in [0.717, 1.165) is 6.42 Å². The Hall–Kier alpha value is -0.830. The zero-order valence-electron chi connectivity index (χ0n) is 13.9. The van der Waals surface area contributed by atoms with Crippen LogP contribution < -0.4 is 4.72 Å². The van der Waals surface area contributed by atoms with Crippen LogP contribution in [0.2, 0.25) is 0 Å². The quantitative estimate of drug-likeness (QED) is 0.137. The van der Waals surface area contributed by atoms with Gasteiger partial charge in [0.25, 0.3) is 0 Å². The number of rotatable bonds is 8. The largest absolute Gasteiger partial charge is 0.438 e. The van der Waals surface area contributed by atoms with Gasteiger partial charge in [0, 0.05) is 6.61 Å². The molecule has 132 valence electrons. The van der Waals surface area contributed by atoms with Gasteiger partial charge in [0.05, 0.1) is 18.9 Å². The Morgan fingerprint density at radius 2 is 1.83 bits per heavy atom. The second-order valence-corrected chi connectivity index (χ2v) is 6.70. The standard InChI is InChI=1S/C15H25NO6S/c1-5-20-7-21-15(18)13-11-6-10(8(2)9(11)3)12(13)14(17)16-23-22-19-4/h8-13H,5-7H2,1-4H3,(H,16,17). The highest BCUT2D eigenvalue weighted by Gasteiger charge is 2.60. The van der Waals surface area contributed by atoms with Crippen molar-refractivity contribution >= 4 is 24.1 Å². The van der Waals surface area contributed by atoms with Crippen molar-refractivity contribution in [2.24, 2.45) is 35.5 Å². The molecule has 1 amide bonds. The van der Waals surface area contributed by atoms with Crippen LogP contribution in [0, 0.1) is 35.5 Å². The Morgan fingerprint density at radius 3 is 2.43 bits per heavy atom. The lowest BCUT2D eigenvalue weighted by Crippen LogP contribution is -2.44. The van der Waals surface area contributed by atoms with E-state index < -0.39 is 11.8 Å². The topological polar surface area (TPSA) is 83.1 Å². The predicted octanol–water partition coefficient (Wildman–Crippen LogP) is 1.94. The van der Waals surface area contributed by atoms with Crippen molar-refractivity contribution in [2.45, 2.75) is 27.2 Å². The number of ether oxygens (including phenoxy) is 2. The third-order valence-electron chi connectivity index (χ3n) is 5.34. The second kappa shape index (κ2) is 8.32. The molecule has 2 aliphatic carbocycles. The molecule has 0 aromatic carbocycles. The van der Waals surface area contributed by atoms with Crippen LogP contribution in [0.1, 0.15) is 27.2 Å². The first kappa shape index (κ1) is 18.5. The van der Waals surface area contributed by atoms with E-state index in [1.165, 1.54) is 7.11 Å². The van der Waals surface area contributed by atoms with Crippen molar-refractivity contribution in [1.82, 2.24) is 4.72 Å². The molecule has 6 unspecified atom stereocenters. The van der Waals surface area contributed by atoms with Crippen molar-refractivity contribution in [3.63, 3.8) is 0 Å². The summed E-state index contributed by atoms with van der Waals surface area (Å²) >= 11 is 0.714. The minimum atomic E-state index is -0.421. The molecule has 0 spiro atoms. The van der Waals surface area contributed by atoms with E-state index in [4.69, 9.17) is 9.47 Å². The Labute approximate surface area is 141 Å². The molecule has 0 aromatic rings. The Morgan fingerprint density at radius 1 is 1.17 bits per heavy atom. The highest BCUT2D eigenvalue weighted by atomic mass is 32.2. The number of fused-ring (bicyclic) bond motifs is 2. The zero-order chi connectivity index (χ0) is 17.0. The van der Waals surface area contributed by atoms with E-state index in [1.807, 2.05) is 6.92 Å². The molecular formula is C15H25NO6S. The third kappa shape index (κ3) is 3.81. The number of nitrogens with one attached hydrogen (secondary N) is 1. The summed E-state index contributed by atoms with van der Waals surface area (Å²) in [6.45, 7) is 6.54. The molecule has 8 heteroatoms. The maximum absolute atomic E-state index is 12.5. The molecule has 2 aliphatic rings. The summed E-state index contributed by atoms with van der Waals surface area (Å²) < 4.78 is 17.5. The van der Waals surface area contributed by atoms with Gasteiger partial charge >= 0.3 is 5.97 Å². The van der Waals surface area contributed by atoms with E-state index in [9.17, 15) is 9.59 Å². The first-order chi connectivity index (χ1) is 11.0. The molecule has 2 bridgehead atoms. The van der Waals surface area contributed by atoms with Crippen molar-refractivity contribution in [3.8, 4) is 0 Å². The molecule has 0 saturated heterocycles. The molecule has 7 nitrogen and oxygen atoms in total. The van der Waals surface area contributed by atoms with Crippen LogP contribution in [0.4, 0.5) is 0 Å². The number of hydrogen-bond acceptors (Lipinski definition) is 7. The normalized spacial score (nSPS) is 35.3. The summed E-state index contributed by atoms with van der Waals surface area (Å²) in [5, 5.41) is 0. The number of amides is 1. The fourth-order valence-corrected chi connectivity index (χ4v) is 4.44. The summed E-state index contributed by atoms with van der Waals surface area (Å²) in [7, 11) is 1.36. The maximum Gasteiger partial charge on any atom is 0.312 e. The van der Waals surface area contributed by atoms with Gasteiger partial charge in [-0.1, -0.05) is 13.8 Å². The number of carbonyl (C=O) groups is 2. The van der Waals surface area contributed by atoms with Gasteiger partial charge in [-0.15, -0.1) is 4.33 Å². The zero-order valence-corrected chi connectivity index (χ0v) is 14.8. The second-order valence-electron chi connectivity index (χ2n) is 6.19. The summed E-state index contributed by atoms with van der Waals surface area (Å²) in [6.07, 6.45) is 0.880. The molecule has 0 aliphatic heterocycles. The lowest BCUT2D eigenvalue weighted by molar-refractivity contribution is -0.168. The van der Waals surface area contributed by atoms with Gasteiger partial charge in [0.2, 0.25) is 5.91 Å². The average Bonchev–Trinajstić information content (AvgIpc) is 3.05. The van der Waals surface area contributed by atoms with Crippen molar-refractivity contribution in [1.29, 1.82) is 0 Å². The fourth-order valence-electron chi connectivity index (χ4n) is 4.12. The van der Waals surface area contributed by atoms with Crippen LogP contribution >= 0.6 is 12.2 Å². The Balaban J connectivity index is 2.06. The Kier molecular flexibility index (Phi) is 6.70. The highest BCUT2D eigenvalue weighted by Crippen LogP contribution is 2.58. The summed E-state index contributed by atoms with van der Waals surface area (Å²) in [5.41, 5.74) is 0. The molecule has 0 aromatic heterocycles. The van der Waals surface area contributed by atoms with Crippen LogP contribution in [-0.4, -0.2) is 32.4 Å². The molecule has 2 fully saturated rings. The van der Waals surface area contributed by atoms with Crippen LogP contribution in [0.5, 0.6) is 0 Å². The lowest BCUT2D eigenvalue weighted by Gasteiger charge is -2.35. The van der Waals surface area contributed by atoms with E-state index >= 15 is 0 Å². The van der Waals surface area contributed by atoms with Gasteiger partial charge in [0.1, 0.15) is 0 Å². The van der Waals surface area contributed by atoms with Gasteiger partial charge in [-0.05, 0) is 37.0 Å². The van der Waals surface area contributed by atoms with Gasteiger partial charge in [-0.25, -0.2) is 4.89 Å². The summed E-state index contributed by atoms with van der Waals surface area (Å²) in [5.74, 6) is -0.213. The van der Waals surface area contributed by atoms with Crippen molar-refractivity contribution < 1.29 is 28.3 Å². The van der Waals surface area contributed by atoms with Crippen LogP contribution in [0.3, 0.4) is 0 Å². The van der Waals surface area contributed by atoms with Gasteiger partial charge in [-0.3, -0.25) is 14.3 Å². The maximum atomic E-state index is 12.5. The van der Waals surface area contributed by atoms with E-state index in [-0.39, 0.29) is 30.5 Å². The predicted molar refractivity (Wildman–Crippen MR) is 83.3 cm³/mol. The lowest BCUT2D eigenvalue weighted by atomic mass is 9.69. The highest BCUT2D eigenvalue weighted by molar-refractivity contribution is 7.93. The van der Waals surface area contributed by atoms with E-state index in [1.54, 1.807) is 0 Å². The van der Waals surface area contributed by atoms with Crippen molar-refractivity contribution in [3.05, 3.63) is 0 Å². The van der Waals surface area contributed by atoms with Crippen LogP contribution in [0.15, 0.2) is 0 Å². The van der Waals surface area contributed by atoms with Crippen molar-refractivity contribution in [2.75, 3.05) is 20.5 Å². The molecule has 1 N–H and O–H groups in total. The molecular weight excluding hydrogens is 322 g/mol. The third-order valence-corrected chi connectivity index (χ3v) is 5.83. The molecule has 2 rings (SSSR count). The molecule has 2 saturated carbocycles. The first-order valence-electron chi connectivity index (χ1n) is 7.93.